The Bertz CT molecular complexity index is 272. The van der Waals surface area contributed by atoms with E-state index in [2.05, 4.69) is 11.8 Å². The molecule has 1 heterocycles. The van der Waals surface area contributed by atoms with Gasteiger partial charge < -0.3 is 5.73 Å². The van der Waals surface area contributed by atoms with Gasteiger partial charge in [0.05, 0.1) is 6.54 Å². The summed E-state index contributed by atoms with van der Waals surface area (Å²) >= 11 is 0. The van der Waals surface area contributed by atoms with Crippen LogP contribution in [0.3, 0.4) is 0 Å². The van der Waals surface area contributed by atoms with Gasteiger partial charge in [-0.3, -0.25) is 9.69 Å². The van der Waals surface area contributed by atoms with E-state index in [0.29, 0.717) is 24.3 Å². The lowest BCUT2D eigenvalue weighted by atomic mass is 9.78. The van der Waals surface area contributed by atoms with Gasteiger partial charge in [0.2, 0.25) is 0 Å². The zero-order chi connectivity index (χ0) is 13.0. The number of nitrogens with two attached hydrogens (primary N) is 1. The molecule has 1 aliphatic carbocycles. The Balaban J connectivity index is 1.77. The number of hydrogen-bond acceptors (Lipinski definition) is 3. The van der Waals surface area contributed by atoms with E-state index in [1.807, 2.05) is 0 Å². The summed E-state index contributed by atoms with van der Waals surface area (Å²) in [6, 6.07) is 0.357. The third kappa shape index (κ3) is 3.79. The maximum Gasteiger partial charge on any atom is 0.149 e. The van der Waals surface area contributed by atoms with Crippen molar-refractivity contribution in [2.45, 2.75) is 57.9 Å². The maximum atomic E-state index is 12.3. The number of piperidine rings is 1. The second-order valence-corrected chi connectivity index (χ2v) is 6.22. The SMILES string of the molecule is CCC1CCCC(C(=O)CN2CCC(N)CC2)C1. The standard InChI is InChI=1S/C15H28N2O/c1-2-12-4-3-5-13(10-12)15(18)11-17-8-6-14(16)7-9-17/h12-14H,2-11,16H2,1H3. The van der Waals surface area contributed by atoms with Crippen molar-refractivity contribution in [2.24, 2.45) is 17.6 Å². The van der Waals surface area contributed by atoms with Crippen molar-refractivity contribution in [2.75, 3.05) is 19.6 Å². The van der Waals surface area contributed by atoms with Crippen molar-refractivity contribution in [1.82, 2.24) is 4.90 Å². The summed E-state index contributed by atoms with van der Waals surface area (Å²) in [5.74, 6) is 1.63. The lowest BCUT2D eigenvalue weighted by molar-refractivity contribution is -0.125. The minimum atomic E-state index is 0.347. The number of hydrogen-bond donors (Lipinski definition) is 1. The molecular weight excluding hydrogens is 224 g/mol. The van der Waals surface area contributed by atoms with E-state index in [0.717, 1.165) is 44.7 Å². The van der Waals surface area contributed by atoms with Crippen LogP contribution < -0.4 is 5.73 Å². The first-order valence-corrected chi connectivity index (χ1v) is 7.69. The molecule has 0 spiro atoms. The monoisotopic (exact) mass is 252 g/mol. The Hall–Kier alpha value is -0.410. The molecule has 2 rings (SSSR count). The van der Waals surface area contributed by atoms with E-state index >= 15 is 0 Å². The molecule has 1 saturated carbocycles. The van der Waals surface area contributed by atoms with E-state index in [1.165, 1.54) is 19.3 Å². The molecule has 0 bridgehead atoms. The number of rotatable bonds is 4. The highest BCUT2D eigenvalue weighted by Gasteiger charge is 2.28. The van der Waals surface area contributed by atoms with Gasteiger partial charge in [0.1, 0.15) is 5.78 Å². The lowest BCUT2D eigenvalue weighted by Gasteiger charge is -2.32. The fourth-order valence-corrected chi connectivity index (χ4v) is 3.41. The van der Waals surface area contributed by atoms with Gasteiger partial charge in [-0.2, -0.15) is 0 Å². The molecule has 0 aromatic heterocycles. The summed E-state index contributed by atoms with van der Waals surface area (Å²) in [5, 5.41) is 0. The van der Waals surface area contributed by atoms with Gasteiger partial charge in [-0.15, -0.1) is 0 Å². The summed E-state index contributed by atoms with van der Waals surface area (Å²) in [6.07, 6.45) is 8.19. The molecule has 0 aromatic rings. The molecule has 1 aliphatic heterocycles. The molecule has 0 amide bonds. The van der Waals surface area contributed by atoms with Gasteiger partial charge in [-0.05, 0) is 31.6 Å². The van der Waals surface area contributed by atoms with Gasteiger partial charge in [0.15, 0.2) is 0 Å². The quantitative estimate of drug-likeness (QED) is 0.834. The van der Waals surface area contributed by atoms with Crippen molar-refractivity contribution in [3.8, 4) is 0 Å². The van der Waals surface area contributed by atoms with Gasteiger partial charge in [0.25, 0.3) is 0 Å². The Morgan fingerprint density at radius 3 is 2.61 bits per heavy atom. The van der Waals surface area contributed by atoms with Crippen molar-refractivity contribution in [3.63, 3.8) is 0 Å². The second-order valence-electron chi connectivity index (χ2n) is 6.22. The predicted octanol–water partition coefficient (Wildman–Crippen LogP) is 2.20. The van der Waals surface area contributed by atoms with Crippen LogP contribution in [-0.2, 0) is 4.79 Å². The fraction of sp³-hybridized carbons (Fsp3) is 0.933. The summed E-state index contributed by atoms with van der Waals surface area (Å²) in [6.45, 7) is 4.95. The van der Waals surface area contributed by atoms with E-state index in [9.17, 15) is 4.79 Å². The van der Waals surface area contributed by atoms with E-state index < -0.39 is 0 Å². The molecule has 2 atom stereocenters. The highest BCUT2D eigenvalue weighted by Crippen LogP contribution is 2.31. The molecule has 3 nitrogen and oxygen atoms in total. The van der Waals surface area contributed by atoms with Crippen molar-refractivity contribution < 1.29 is 4.79 Å². The molecule has 18 heavy (non-hydrogen) atoms. The first-order valence-electron chi connectivity index (χ1n) is 7.69. The molecule has 2 aliphatic rings. The van der Waals surface area contributed by atoms with Crippen LogP contribution in [0.2, 0.25) is 0 Å². The van der Waals surface area contributed by atoms with E-state index in [4.69, 9.17) is 5.73 Å². The van der Waals surface area contributed by atoms with E-state index in [1.54, 1.807) is 0 Å². The van der Waals surface area contributed by atoms with Gasteiger partial charge in [-0.1, -0.05) is 26.2 Å². The van der Waals surface area contributed by atoms with Crippen LogP contribution in [0, 0.1) is 11.8 Å². The summed E-state index contributed by atoms with van der Waals surface area (Å²) in [5.41, 5.74) is 5.90. The van der Waals surface area contributed by atoms with Crippen LogP contribution in [0.15, 0.2) is 0 Å². The smallest absolute Gasteiger partial charge is 0.149 e. The molecule has 0 radical (unpaired) electrons. The van der Waals surface area contributed by atoms with Crippen LogP contribution in [0.4, 0.5) is 0 Å². The van der Waals surface area contributed by atoms with Crippen LogP contribution in [0.25, 0.3) is 0 Å². The van der Waals surface area contributed by atoms with Crippen LogP contribution in [0.5, 0.6) is 0 Å². The maximum absolute atomic E-state index is 12.3. The molecular formula is C15H28N2O. The summed E-state index contributed by atoms with van der Waals surface area (Å²) in [7, 11) is 0. The Kier molecular flexibility index (Phi) is 5.19. The average Bonchev–Trinajstić information content (AvgIpc) is 2.41. The number of carbonyl (C=O) groups is 1. The molecule has 2 N–H and O–H groups in total. The molecule has 1 saturated heterocycles. The average molecular weight is 252 g/mol. The topological polar surface area (TPSA) is 46.3 Å². The number of ketones is 1. The zero-order valence-electron chi connectivity index (χ0n) is 11.7. The lowest BCUT2D eigenvalue weighted by Crippen LogP contribution is -2.43. The number of carbonyl (C=O) groups excluding carboxylic acids is 1. The number of Topliss-reactive ketones (excluding diaryl/α,β-unsaturated/α-hetero) is 1. The molecule has 2 fully saturated rings. The minimum absolute atomic E-state index is 0.347. The highest BCUT2D eigenvalue weighted by atomic mass is 16.1. The minimum Gasteiger partial charge on any atom is -0.328 e. The third-order valence-corrected chi connectivity index (χ3v) is 4.83. The fourth-order valence-electron chi connectivity index (χ4n) is 3.41. The first-order chi connectivity index (χ1) is 8.69. The van der Waals surface area contributed by atoms with Crippen molar-refractivity contribution in [1.29, 1.82) is 0 Å². The molecule has 0 aromatic carbocycles. The Morgan fingerprint density at radius 2 is 1.94 bits per heavy atom. The summed E-state index contributed by atoms with van der Waals surface area (Å²) in [4.78, 5) is 14.6. The molecule has 2 unspecified atom stereocenters. The summed E-state index contributed by atoms with van der Waals surface area (Å²) < 4.78 is 0. The predicted molar refractivity (Wildman–Crippen MR) is 74.4 cm³/mol. The number of nitrogens with zero attached hydrogens (tertiary/aromatic N) is 1. The first kappa shape index (κ1) is 14.0. The van der Waals surface area contributed by atoms with E-state index in [-0.39, 0.29) is 0 Å². The van der Waals surface area contributed by atoms with Gasteiger partial charge >= 0.3 is 0 Å². The highest BCUT2D eigenvalue weighted by molar-refractivity contribution is 5.83. The van der Waals surface area contributed by atoms with Crippen LogP contribution in [-0.4, -0.2) is 36.4 Å². The normalized spacial score (nSPS) is 31.4. The second kappa shape index (κ2) is 6.67. The van der Waals surface area contributed by atoms with Crippen LogP contribution in [0.1, 0.15) is 51.9 Å². The Morgan fingerprint density at radius 1 is 1.22 bits per heavy atom. The Labute approximate surface area is 111 Å². The van der Waals surface area contributed by atoms with Gasteiger partial charge in [0, 0.05) is 25.0 Å². The van der Waals surface area contributed by atoms with Crippen molar-refractivity contribution in [3.05, 3.63) is 0 Å². The molecule has 3 heteroatoms. The van der Waals surface area contributed by atoms with Crippen LogP contribution >= 0.6 is 0 Å². The molecule has 104 valence electrons. The largest absolute Gasteiger partial charge is 0.328 e. The third-order valence-electron chi connectivity index (χ3n) is 4.83. The van der Waals surface area contributed by atoms with Crippen molar-refractivity contribution >= 4 is 5.78 Å². The van der Waals surface area contributed by atoms with Gasteiger partial charge in [-0.25, -0.2) is 0 Å². The number of likely N-dealkylation sites (tertiary alicyclic amines) is 1. The zero-order valence-corrected chi connectivity index (χ0v) is 11.7.